The van der Waals surface area contributed by atoms with Gasteiger partial charge in [0, 0.05) is 11.1 Å². The molecule has 0 spiro atoms. The smallest absolute Gasteiger partial charge is 0.231 e. The van der Waals surface area contributed by atoms with Crippen molar-refractivity contribution >= 4 is 17.5 Å². The van der Waals surface area contributed by atoms with Crippen LogP contribution in [-0.2, 0) is 0 Å². The number of nitrogens with two attached hydrogens (primary N) is 1. The Bertz CT molecular complexity index is 902. The average Bonchev–Trinajstić information content (AvgIpc) is 3.13. The number of Topliss-reactive ketones (excluding diaryl/α,β-unsaturated/α-hetero) is 1. The minimum Gasteiger partial charge on any atom is -0.495 e. The number of hydrogen-bond acceptors (Lipinski definition) is 6. The van der Waals surface area contributed by atoms with Gasteiger partial charge in [0.25, 0.3) is 0 Å². The predicted octanol–water partition coefficient (Wildman–Crippen LogP) is 3.94. The maximum absolute atomic E-state index is 13.1. The fourth-order valence-corrected chi connectivity index (χ4v) is 2.93. The topological polar surface area (TPSA) is 80.0 Å². The van der Waals surface area contributed by atoms with Gasteiger partial charge in [0.1, 0.15) is 5.75 Å². The zero-order valence-corrected chi connectivity index (χ0v) is 15.9. The fourth-order valence-electron chi connectivity index (χ4n) is 2.93. The van der Waals surface area contributed by atoms with Crippen molar-refractivity contribution in [2.45, 2.75) is 13.8 Å². The maximum Gasteiger partial charge on any atom is 0.231 e. The number of anilines is 1. The molecule has 0 bridgehead atoms. The van der Waals surface area contributed by atoms with Crippen molar-refractivity contribution < 1.29 is 23.7 Å². The van der Waals surface area contributed by atoms with Crippen molar-refractivity contribution in [1.29, 1.82) is 0 Å². The minimum atomic E-state index is -0.0834. The van der Waals surface area contributed by atoms with Gasteiger partial charge in [-0.3, -0.25) is 4.79 Å². The van der Waals surface area contributed by atoms with Gasteiger partial charge in [0.05, 0.1) is 19.9 Å². The Kier molecular flexibility index (Phi) is 5.26. The second-order valence-corrected chi connectivity index (χ2v) is 6.50. The van der Waals surface area contributed by atoms with Crippen LogP contribution in [-0.4, -0.2) is 26.8 Å². The molecule has 2 N–H and O–H groups in total. The Balaban J connectivity index is 2.02. The molecule has 0 saturated carbocycles. The summed E-state index contributed by atoms with van der Waals surface area (Å²) >= 11 is 0. The van der Waals surface area contributed by atoms with Crippen molar-refractivity contribution in [2.24, 2.45) is 5.92 Å². The molecule has 0 radical (unpaired) electrons. The summed E-state index contributed by atoms with van der Waals surface area (Å²) in [6.07, 6.45) is 1.85. The molecule has 0 aromatic heterocycles. The molecule has 0 unspecified atom stereocenters. The van der Waals surface area contributed by atoms with E-state index in [9.17, 15) is 4.79 Å². The summed E-state index contributed by atoms with van der Waals surface area (Å²) in [4.78, 5) is 13.1. The SMILES string of the molecule is COc1cc(C(=O)C(=Cc2cc(OC)c3c(c2)OCO3)C(C)C)ccc1N. The number of hydrogen-bond donors (Lipinski definition) is 1. The number of ketones is 1. The lowest BCUT2D eigenvalue weighted by atomic mass is 9.92. The molecule has 6 heteroatoms. The van der Waals surface area contributed by atoms with Crippen LogP contribution in [0, 0.1) is 5.92 Å². The molecule has 3 rings (SSSR count). The monoisotopic (exact) mass is 369 g/mol. The lowest BCUT2D eigenvalue weighted by Crippen LogP contribution is -2.09. The molecular formula is C21H23NO5. The van der Waals surface area contributed by atoms with E-state index >= 15 is 0 Å². The quantitative estimate of drug-likeness (QED) is 0.472. The number of ether oxygens (including phenoxy) is 4. The zero-order chi connectivity index (χ0) is 19.6. The van der Waals surface area contributed by atoms with Crippen LogP contribution in [0.5, 0.6) is 23.0 Å². The van der Waals surface area contributed by atoms with E-state index in [0.29, 0.717) is 39.8 Å². The third-order valence-electron chi connectivity index (χ3n) is 4.38. The molecule has 2 aromatic rings. The number of carbonyl (C=O) groups is 1. The van der Waals surface area contributed by atoms with Crippen molar-refractivity contribution in [3.05, 3.63) is 47.0 Å². The summed E-state index contributed by atoms with van der Waals surface area (Å²) in [5.41, 5.74) is 8.32. The molecule has 2 aromatic carbocycles. The molecule has 27 heavy (non-hydrogen) atoms. The molecule has 0 atom stereocenters. The summed E-state index contributed by atoms with van der Waals surface area (Å²) < 4.78 is 21.5. The van der Waals surface area contributed by atoms with Crippen LogP contribution in [0.1, 0.15) is 29.8 Å². The Morgan fingerprint density at radius 1 is 1.11 bits per heavy atom. The molecule has 1 aliphatic rings. The van der Waals surface area contributed by atoms with E-state index in [4.69, 9.17) is 24.7 Å². The van der Waals surface area contributed by atoms with Gasteiger partial charge in [-0.1, -0.05) is 13.8 Å². The second kappa shape index (κ2) is 7.61. The van der Waals surface area contributed by atoms with Gasteiger partial charge in [-0.15, -0.1) is 0 Å². The largest absolute Gasteiger partial charge is 0.495 e. The molecule has 1 heterocycles. The normalized spacial score (nSPS) is 13.0. The standard InChI is InChI=1S/C21H23NO5/c1-12(2)15(20(23)14-5-6-16(22)17(10-14)24-3)7-13-8-18(25-4)21-19(9-13)26-11-27-21/h5-10,12H,11,22H2,1-4H3. The van der Waals surface area contributed by atoms with Crippen LogP contribution in [0.25, 0.3) is 6.08 Å². The van der Waals surface area contributed by atoms with Gasteiger partial charge < -0.3 is 24.7 Å². The van der Waals surface area contributed by atoms with E-state index in [0.717, 1.165) is 5.56 Å². The molecule has 0 aliphatic carbocycles. The number of fused-ring (bicyclic) bond motifs is 1. The van der Waals surface area contributed by atoms with E-state index in [1.807, 2.05) is 32.1 Å². The number of allylic oxidation sites excluding steroid dienone is 1. The van der Waals surface area contributed by atoms with Gasteiger partial charge >= 0.3 is 0 Å². The van der Waals surface area contributed by atoms with Crippen LogP contribution in [0.2, 0.25) is 0 Å². The summed E-state index contributed by atoms with van der Waals surface area (Å²) in [5, 5.41) is 0. The number of benzene rings is 2. The lowest BCUT2D eigenvalue weighted by Gasteiger charge is -2.13. The first kappa shape index (κ1) is 18.6. The highest BCUT2D eigenvalue weighted by Gasteiger charge is 2.21. The zero-order valence-electron chi connectivity index (χ0n) is 15.9. The highest BCUT2D eigenvalue weighted by molar-refractivity contribution is 6.12. The van der Waals surface area contributed by atoms with E-state index in [2.05, 4.69) is 0 Å². The first-order valence-corrected chi connectivity index (χ1v) is 8.62. The molecule has 0 fully saturated rings. The van der Waals surface area contributed by atoms with E-state index in [1.54, 1.807) is 25.3 Å². The van der Waals surface area contributed by atoms with Gasteiger partial charge in [-0.2, -0.15) is 0 Å². The number of carbonyl (C=O) groups excluding carboxylic acids is 1. The minimum absolute atomic E-state index is 0.0115. The predicted molar refractivity (Wildman–Crippen MR) is 104 cm³/mol. The second-order valence-electron chi connectivity index (χ2n) is 6.50. The average molecular weight is 369 g/mol. The number of methoxy groups -OCH3 is 2. The third kappa shape index (κ3) is 3.69. The van der Waals surface area contributed by atoms with E-state index < -0.39 is 0 Å². The van der Waals surface area contributed by atoms with Gasteiger partial charge in [0.15, 0.2) is 17.3 Å². The first-order valence-electron chi connectivity index (χ1n) is 8.62. The molecular weight excluding hydrogens is 346 g/mol. The summed E-state index contributed by atoms with van der Waals surface area (Å²) in [5.74, 6) is 2.16. The van der Waals surface area contributed by atoms with Crippen LogP contribution in [0.3, 0.4) is 0 Å². The lowest BCUT2D eigenvalue weighted by molar-refractivity contribution is 0.102. The summed E-state index contributed by atoms with van der Waals surface area (Å²) in [6, 6.07) is 8.70. The molecule has 0 saturated heterocycles. The highest BCUT2D eigenvalue weighted by atomic mass is 16.7. The maximum atomic E-state index is 13.1. The molecule has 6 nitrogen and oxygen atoms in total. The third-order valence-corrected chi connectivity index (χ3v) is 4.38. The van der Waals surface area contributed by atoms with Gasteiger partial charge in [-0.25, -0.2) is 0 Å². The fraction of sp³-hybridized carbons (Fsp3) is 0.286. The van der Waals surface area contributed by atoms with E-state index in [-0.39, 0.29) is 18.5 Å². The van der Waals surface area contributed by atoms with Crippen molar-refractivity contribution in [3.8, 4) is 23.0 Å². The molecule has 0 amide bonds. The Morgan fingerprint density at radius 3 is 2.52 bits per heavy atom. The van der Waals surface area contributed by atoms with Crippen LogP contribution < -0.4 is 24.7 Å². The summed E-state index contributed by atoms with van der Waals surface area (Å²) in [6.45, 7) is 4.10. The number of rotatable bonds is 6. The van der Waals surface area contributed by atoms with Gasteiger partial charge in [0.2, 0.25) is 12.5 Å². The first-order chi connectivity index (χ1) is 12.9. The van der Waals surface area contributed by atoms with E-state index in [1.165, 1.54) is 7.11 Å². The highest BCUT2D eigenvalue weighted by Crippen LogP contribution is 2.42. The molecule has 1 aliphatic heterocycles. The van der Waals surface area contributed by atoms with Crippen molar-refractivity contribution in [1.82, 2.24) is 0 Å². The van der Waals surface area contributed by atoms with Crippen LogP contribution in [0.4, 0.5) is 5.69 Å². The van der Waals surface area contributed by atoms with Crippen LogP contribution >= 0.6 is 0 Å². The van der Waals surface area contributed by atoms with Gasteiger partial charge in [-0.05, 0) is 47.9 Å². The van der Waals surface area contributed by atoms with Crippen molar-refractivity contribution in [3.63, 3.8) is 0 Å². The summed E-state index contributed by atoms with van der Waals surface area (Å²) in [7, 11) is 3.10. The van der Waals surface area contributed by atoms with Crippen LogP contribution in [0.15, 0.2) is 35.9 Å². The Hall–Kier alpha value is -3.15. The van der Waals surface area contributed by atoms with Crippen molar-refractivity contribution in [2.75, 3.05) is 26.7 Å². The molecule has 142 valence electrons. The Labute approximate surface area is 158 Å². The Morgan fingerprint density at radius 2 is 1.85 bits per heavy atom. The number of nitrogen functional groups attached to an aromatic ring is 1.